The first-order valence-electron chi connectivity index (χ1n) is 10.4. The van der Waals surface area contributed by atoms with Crippen LogP contribution in [-0.4, -0.2) is 27.3 Å². The number of allylic oxidation sites excluding steroid dienone is 1. The highest BCUT2D eigenvalue weighted by atomic mass is 32.2. The second-order valence-corrected chi connectivity index (χ2v) is 8.69. The summed E-state index contributed by atoms with van der Waals surface area (Å²) >= 11 is 1.57. The monoisotopic (exact) mass is 446 g/mol. The largest absolute Gasteiger partial charge is 0.458 e. The van der Waals surface area contributed by atoms with E-state index in [1.54, 1.807) is 22.5 Å². The number of carbonyl (C=O) groups excluding carboxylic acids is 1. The van der Waals surface area contributed by atoms with Gasteiger partial charge in [0, 0.05) is 11.4 Å². The number of nitrogens with zero attached hydrogens (tertiary/aromatic N) is 3. The van der Waals surface area contributed by atoms with E-state index in [0.29, 0.717) is 22.4 Å². The van der Waals surface area contributed by atoms with Gasteiger partial charge in [-0.25, -0.2) is 9.48 Å². The number of hydrogen-bond donors (Lipinski definition) is 1. The Labute approximate surface area is 192 Å². The fourth-order valence-corrected chi connectivity index (χ4v) is 4.57. The lowest BCUT2D eigenvalue weighted by molar-refractivity contribution is -0.138. The summed E-state index contributed by atoms with van der Waals surface area (Å²) in [5.74, 6) is 0.988. The lowest BCUT2D eigenvalue weighted by atomic mass is 9.93. The standard InChI is InChI=1S/C25H26N4O2S/c1-5-13-31-23(30)21-18(4)26-24-27-25(32-15-19-11-8-9-16(2)14-19)28-29(24)22(21)20-12-7-6-10-17(20)3/h5-12,14,22H,1,13,15H2,2-4H3,(H,26,27,28)/t22-/m0/s1. The van der Waals surface area contributed by atoms with E-state index in [1.807, 2.05) is 38.1 Å². The van der Waals surface area contributed by atoms with E-state index in [-0.39, 0.29) is 6.61 Å². The topological polar surface area (TPSA) is 69.0 Å². The summed E-state index contributed by atoms with van der Waals surface area (Å²) in [6.45, 7) is 9.77. The molecule has 0 unspecified atom stereocenters. The van der Waals surface area contributed by atoms with Gasteiger partial charge in [0.15, 0.2) is 0 Å². The Morgan fingerprint density at radius 3 is 2.78 bits per heavy atom. The first-order valence-corrected chi connectivity index (χ1v) is 11.4. The fourth-order valence-electron chi connectivity index (χ4n) is 3.80. The second kappa shape index (κ2) is 9.44. The molecule has 2 heterocycles. The van der Waals surface area contributed by atoms with Crippen LogP contribution in [0.25, 0.3) is 0 Å². The van der Waals surface area contributed by atoms with Crippen molar-refractivity contribution in [2.45, 2.75) is 37.7 Å². The summed E-state index contributed by atoms with van der Waals surface area (Å²) in [5.41, 5.74) is 5.73. The van der Waals surface area contributed by atoms with Crippen molar-refractivity contribution in [3.8, 4) is 0 Å². The number of aryl methyl sites for hydroxylation is 2. The Morgan fingerprint density at radius 1 is 1.22 bits per heavy atom. The van der Waals surface area contributed by atoms with E-state index in [4.69, 9.17) is 14.8 Å². The van der Waals surface area contributed by atoms with Crippen molar-refractivity contribution in [1.82, 2.24) is 14.8 Å². The molecule has 0 amide bonds. The Morgan fingerprint density at radius 2 is 2.03 bits per heavy atom. The van der Waals surface area contributed by atoms with Crippen LogP contribution in [0.4, 0.5) is 5.95 Å². The Balaban J connectivity index is 1.70. The third-order valence-corrected chi connectivity index (χ3v) is 6.23. The van der Waals surface area contributed by atoms with Crippen LogP contribution in [0.2, 0.25) is 0 Å². The van der Waals surface area contributed by atoms with Crippen molar-refractivity contribution in [2.75, 3.05) is 11.9 Å². The molecule has 1 aliphatic rings. The minimum Gasteiger partial charge on any atom is -0.458 e. The van der Waals surface area contributed by atoms with Gasteiger partial charge in [-0.2, -0.15) is 4.98 Å². The lowest BCUT2D eigenvalue weighted by Gasteiger charge is -2.29. The van der Waals surface area contributed by atoms with E-state index in [9.17, 15) is 4.79 Å². The number of hydrogen-bond acceptors (Lipinski definition) is 6. The number of carbonyl (C=O) groups is 1. The minimum atomic E-state index is -0.425. The normalized spacial score (nSPS) is 15.2. The predicted molar refractivity (Wildman–Crippen MR) is 128 cm³/mol. The van der Waals surface area contributed by atoms with E-state index in [2.05, 4.69) is 43.1 Å². The molecule has 4 rings (SSSR count). The average molecular weight is 447 g/mol. The molecule has 0 radical (unpaired) electrons. The quantitative estimate of drug-likeness (QED) is 0.305. The van der Waals surface area contributed by atoms with Crippen LogP contribution in [0.15, 0.2) is 77.6 Å². The van der Waals surface area contributed by atoms with E-state index in [1.165, 1.54) is 11.1 Å². The third kappa shape index (κ3) is 4.48. The highest BCUT2D eigenvalue weighted by Crippen LogP contribution is 2.38. The van der Waals surface area contributed by atoms with Crippen molar-refractivity contribution in [1.29, 1.82) is 0 Å². The molecule has 0 fully saturated rings. The minimum absolute atomic E-state index is 0.151. The van der Waals surface area contributed by atoms with E-state index < -0.39 is 12.0 Å². The fraction of sp³-hybridized carbons (Fsp3) is 0.240. The summed E-state index contributed by atoms with van der Waals surface area (Å²) < 4.78 is 7.20. The summed E-state index contributed by atoms with van der Waals surface area (Å²) in [5, 5.41) is 8.68. The maximum Gasteiger partial charge on any atom is 0.338 e. The van der Waals surface area contributed by atoms with Gasteiger partial charge in [-0.15, -0.1) is 5.10 Å². The van der Waals surface area contributed by atoms with Gasteiger partial charge in [0.1, 0.15) is 12.6 Å². The average Bonchev–Trinajstić information content (AvgIpc) is 3.18. The number of nitrogens with one attached hydrogen (secondary N) is 1. The first-order chi connectivity index (χ1) is 15.5. The smallest absolute Gasteiger partial charge is 0.338 e. The SMILES string of the molecule is C=CCOC(=O)C1=C(C)Nc2nc(SCc3cccc(C)c3)nn2[C@H]1c1ccccc1C. The number of thioether (sulfide) groups is 1. The van der Waals surface area contributed by atoms with Crippen LogP contribution >= 0.6 is 11.8 Å². The zero-order valence-corrected chi connectivity index (χ0v) is 19.3. The first kappa shape index (κ1) is 21.9. The van der Waals surface area contributed by atoms with Crippen LogP contribution in [0, 0.1) is 13.8 Å². The number of rotatable bonds is 7. The second-order valence-electron chi connectivity index (χ2n) is 7.75. The number of anilines is 1. The van der Waals surface area contributed by atoms with Crippen LogP contribution < -0.4 is 5.32 Å². The van der Waals surface area contributed by atoms with Gasteiger partial charge in [-0.1, -0.05) is 78.5 Å². The Bertz CT molecular complexity index is 1200. The molecule has 0 saturated heterocycles. The number of ether oxygens (including phenoxy) is 1. The summed E-state index contributed by atoms with van der Waals surface area (Å²) in [6.07, 6.45) is 1.56. The van der Waals surface area contributed by atoms with E-state index in [0.717, 1.165) is 16.9 Å². The molecule has 0 aliphatic carbocycles. The van der Waals surface area contributed by atoms with Gasteiger partial charge in [-0.05, 0) is 37.5 Å². The molecule has 1 N–H and O–H groups in total. The molecule has 0 saturated carbocycles. The maximum absolute atomic E-state index is 13.0. The molecule has 0 bridgehead atoms. The van der Waals surface area contributed by atoms with Gasteiger partial charge in [-0.3, -0.25) is 0 Å². The number of esters is 1. The highest BCUT2D eigenvalue weighted by Gasteiger charge is 2.35. The number of aromatic nitrogens is 3. The van der Waals surface area contributed by atoms with Crippen LogP contribution in [0.1, 0.15) is 35.2 Å². The van der Waals surface area contributed by atoms with Gasteiger partial charge in [0.05, 0.1) is 5.57 Å². The third-order valence-electron chi connectivity index (χ3n) is 5.32. The maximum atomic E-state index is 13.0. The molecule has 7 heteroatoms. The molecule has 3 aromatic rings. The highest BCUT2D eigenvalue weighted by molar-refractivity contribution is 7.98. The van der Waals surface area contributed by atoms with Crippen molar-refractivity contribution < 1.29 is 9.53 Å². The van der Waals surface area contributed by atoms with Crippen molar-refractivity contribution in [3.05, 3.63) is 94.7 Å². The summed E-state index contributed by atoms with van der Waals surface area (Å²) in [4.78, 5) is 17.7. The number of fused-ring (bicyclic) bond motifs is 1. The molecule has 32 heavy (non-hydrogen) atoms. The Kier molecular flexibility index (Phi) is 6.46. The Hall–Kier alpha value is -3.32. The summed E-state index contributed by atoms with van der Waals surface area (Å²) in [7, 11) is 0. The predicted octanol–water partition coefficient (Wildman–Crippen LogP) is 5.21. The van der Waals surface area contributed by atoms with Gasteiger partial charge in [0.25, 0.3) is 0 Å². The van der Waals surface area contributed by atoms with E-state index >= 15 is 0 Å². The molecule has 1 aromatic heterocycles. The van der Waals surface area contributed by atoms with Gasteiger partial charge >= 0.3 is 5.97 Å². The molecule has 1 atom stereocenters. The zero-order valence-electron chi connectivity index (χ0n) is 18.5. The van der Waals surface area contributed by atoms with Crippen molar-refractivity contribution in [3.63, 3.8) is 0 Å². The molecular formula is C25H26N4O2S. The molecular weight excluding hydrogens is 420 g/mol. The van der Waals surface area contributed by atoms with Crippen LogP contribution in [0.5, 0.6) is 0 Å². The molecule has 1 aliphatic heterocycles. The zero-order chi connectivity index (χ0) is 22.7. The molecule has 164 valence electrons. The summed E-state index contributed by atoms with van der Waals surface area (Å²) in [6, 6.07) is 16.0. The molecule has 6 nitrogen and oxygen atoms in total. The lowest BCUT2D eigenvalue weighted by Crippen LogP contribution is -2.30. The van der Waals surface area contributed by atoms with Crippen LogP contribution in [0.3, 0.4) is 0 Å². The van der Waals surface area contributed by atoms with Crippen LogP contribution in [-0.2, 0) is 15.3 Å². The van der Waals surface area contributed by atoms with Crippen molar-refractivity contribution >= 4 is 23.7 Å². The van der Waals surface area contributed by atoms with Gasteiger partial charge in [0.2, 0.25) is 11.1 Å². The molecule has 0 spiro atoms. The number of benzene rings is 2. The van der Waals surface area contributed by atoms with Gasteiger partial charge < -0.3 is 10.1 Å². The van der Waals surface area contributed by atoms with Crippen molar-refractivity contribution in [2.24, 2.45) is 0 Å². The molecule has 2 aromatic carbocycles.